The predicted octanol–water partition coefficient (Wildman–Crippen LogP) is 5.07. The maximum absolute atomic E-state index is 13.0. The van der Waals surface area contributed by atoms with E-state index in [0.29, 0.717) is 28.1 Å². The SMILES string of the molecule is Cn1c(=O)cc(NC(C)(C)c2ncccn2)c2cc(Nc3nc(-n4ccc(C(F)(F)F)n4)ncc3Cl)ccc21. The minimum Gasteiger partial charge on any atom is -0.372 e. The number of nitrogens with zero attached hydrogens (tertiary/aromatic N) is 7. The van der Waals surface area contributed by atoms with Crippen molar-refractivity contribution in [1.82, 2.24) is 34.3 Å². The number of hydrogen-bond acceptors (Lipinski definition) is 8. The molecule has 0 fully saturated rings. The topological polar surface area (TPSA) is 115 Å². The molecule has 5 aromatic rings. The molecule has 0 bridgehead atoms. The van der Waals surface area contributed by atoms with E-state index >= 15 is 0 Å². The highest BCUT2D eigenvalue weighted by molar-refractivity contribution is 6.32. The Labute approximate surface area is 224 Å². The summed E-state index contributed by atoms with van der Waals surface area (Å²) in [5.41, 5.74) is -0.226. The van der Waals surface area contributed by atoms with E-state index in [1.807, 2.05) is 13.8 Å². The molecule has 14 heteroatoms. The van der Waals surface area contributed by atoms with Gasteiger partial charge >= 0.3 is 6.18 Å². The molecule has 0 spiro atoms. The zero-order chi connectivity index (χ0) is 27.9. The molecule has 0 radical (unpaired) electrons. The smallest absolute Gasteiger partial charge is 0.372 e. The molecule has 5 rings (SSSR count). The van der Waals surface area contributed by atoms with Crippen LogP contribution in [0.1, 0.15) is 25.4 Å². The number of anilines is 3. The van der Waals surface area contributed by atoms with Gasteiger partial charge in [0.05, 0.1) is 17.3 Å². The Bertz CT molecular complexity index is 1730. The van der Waals surface area contributed by atoms with Crippen LogP contribution in [0.2, 0.25) is 5.02 Å². The third-order valence-corrected chi connectivity index (χ3v) is 6.17. The molecule has 0 atom stereocenters. The van der Waals surface area contributed by atoms with Crippen LogP contribution < -0.4 is 16.2 Å². The summed E-state index contributed by atoms with van der Waals surface area (Å²) in [4.78, 5) is 29.6. The van der Waals surface area contributed by atoms with E-state index in [0.717, 1.165) is 16.9 Å². The van der Waals surface area contributed by atoms with Crippen molar-refractivity contribution >= 4 is 39.7 Å². The summed E-state index contributed by atoms with van der Waals surface area (Å²) in [6.45, 7) is 3.80. The standard InChI is InChI=1S/C25H21ClF3N9O/c1-24(2,22-30-8-4-9-31-22)35-17-12-20(39)37(3)18-6-5-14(11-15(17)18)33-21-16(26)13-32-23(34-21)38-10-7-19(36-38)25(27,28)29/h4-13,35H,1-3H3,(H,32,33,34). The Morgan fingerprint density at radius 3 is 2.46 bits per heavy atom. The van der Waals surface area contributed by atoms with Crippen LogP contribution in [-0.4, -0.2) is 34.3 Å². The summed E-state index contributed by atoms with van der Waals surface area (Å²) in [6, 6.07) is 9.32. The maximum Gasteiger partial charge on any atom is 0.435 e. The van der Waals surface area contributed by atoms with Gasteiger partial charge in [0.2, 0.25) is 0 Å². The molecule has 1 aromatic carbocycles. The second-order valence-corrected chi connectivity index (χ2v) is 9.55. The van der Waals surface area contributed by atoms with Crippen LogP contribution in [0.5, 0.6) is 0 Å². The van der Waals surface area contributed by atoms with E-state index in [2.05, 4.69) is 35.7 Å². The first-order chi connectivity index (χ1) is 18.4. The lowest BCUT2D eigenvalue weighted by Gasteiger charge is -2.27. The minimum atomic E-state index is -4.60. The summed E-state index contributed by atoms with van der Waals surface area (Å²) in [5.74, 6) is 0.593. The summed E-state index contributed by atoms with van der Waals surface area (Å²) < 4.78 is 41.4. The number of hydrogen-bond donors (Lipinski definition) is 2. The quantitative estimate of drug-likeness (QED) is 0.298. The third-order valence-electron chi connectivity index (χ3n) is 5.90. The van der Waals surface area contributed by atoms with Crippen molar-refractivity contribution < 1.29 is 13.2 Å². The molecular formula is C25H21ClF3N9O. The van der Waals surface area contributed by atoms with Gasteiger partial charge in [-0.1, -0.05) is 11.6 Å². The van der Waals surface area contributed by atoms with Crippen molar-refractivity contribution in [2.45, 2.75) is 25.6 Å². The van der Waals surface area contributed by atoms with Crippen molar-refractivity contribution in [2.24, 2.45) is 7.05 Å². The highest BCUT2D eigenvalue weighted by Crippen LogP contribution is 2.32. The first-order valence-corrected chi connectivity index (χ1v) is 11.9. The largest absolute Gasteiger partial charge is 0.435 e. The Morgan fingerprint density at radius 2 is 1.77 bits per heavy atom. The molecule has 0 aliphatic rings. The zero-order valence-electron chi connectivity index (χ0n) is 20.8. The van der Waals surface area contributed by atoms with Gasteiger partial charge in [-0.2, -0.15) is 23.3 Å². The van der Waals surface area contributed by atoms with Crippen molar-refractivity contribution in [2.75, 3.05) is 10.6 Å². The average Bonchev–Trinajstić information content (AvgIpc) is 3.40. The number of rotatable bonds is 6. The fourth-order valence-corrected chi connectivity index (χ4v) is 4.07. The molecule has 39 heavy (non-hydrogen) atoms. The van der Waals surface area contributed by atoms with Crippen LogP contribution in [0.25, 0.3) is 16.9 Å². The molecule has 10 nitrogen and oxygen atoms in total. The first kappa shape index (κ1) is 26.1. The molecule has 0 saturated carbocycles. The number of benzene rings is 1. The number of nitrogens with one attached hydrogen (secondary N) is 2. The van der Waals surface area contributed by atoms with Crippen LogP contribution >= 0.6 is 11.6 Å². The van der Waals surface area contributed by atoms with Crippen LogP contribution in [0.4, 0.5) is 30.4 Å². The van der Waals surface area contributed by atoms with Gasteiger partial charge in [0, 0.05) is 48.5 Å². The normalized spacial score (nSPS) is 12.1. The lowest BCUT2D eigenvalue weighted by molar-refractivity contribution is -0.141. The summed E-state index contributed by atoms with van der Waals surface area (Å²) in [5, 5.41) is 10.8. The Kier molecular flexibility index (Phi) is 6.46. The van der Waals surface area contributed by atoms with Gasteiger partial charge in [-0.25, -0.2) is 19.6 Å². The Balaban J connectivity index is 1.52. The van der Waals surface area contributed by atoms with Gasteiger partial charge in [0.1, 0.15) is 5.02 Å². The number of fused-ring (bicyclic) bond motifs is 1. The van der Waals surface area contributed by atoms with Crippen LogP contribution in [-0.2, 0) is 18.8 Å². The summed E-state index contributed by atoms with van der Waals surface area (Å²) in [6.07, 6.45) is 1.06. The average molecular weight is 556 g/mol. The molecule has 2 N–H and O–H groups in total. The van der Waals surface area contributed by atoms with Crippen LogP contribution in [0.15, 0.2) is 66.0 Å². The van der Waals surface area contributed by atoms with E-state index in [1.165, 1.54) is 16.8 Å². The molecular weight excluding hydrogens is 535 g/mol. The lowest BCUT2D eigenvalue weighted by atomic mass is 10.0. The van der Waals surface area contributed by atoms with E-state index in [-0.39, 0.29) is 22.3 Å². The van der Waals surface area contributed by atoms with E-state index in [9.17, 15) is 18.0 Å². The molecule has 0 aliphatic carbocycles. The molecule has 0 amide bonds. The highest BCUT2D eigenvalue weighted by Gasteiger charge is 2.34. The number of aryl methyl sites for hydroxylation is 1. The minimum absolute atomic E-state index is 0.104. The van der Waals surface area contributed by atoms with Crippen LogP contribution in [0, 0.1) is 0 Å². The van der Waals surface area contributed by atoms with Gasteiger partial charge < -0.3 is 15.2 Å². The van der Waals surface area contributed by atoms with Crippen molar-refractivity contribution in [3.63, 3.8) is 0 Å². The van der Waals surface area contributed by atoms with Crippen molar-refractivity contribution in [3.8, 4) is 5.95 Å². The van der Waals surface area contributed by atoms with E-state index < -0.39 is 17.4 Å². The van der Waals surface area contributed by atoms with E-state index in [1.54, 1.807) is 43.7 Å². The first-order valence-electron chi connectivity index (χ1n) is 11.5. The molecule has 0 aliphatic heterocycles. The fourth-order valence-electron chi connectivity index (χ4n) is 3.94. The number of pyridine rings is 1. The van der Waals surface area contributed by atoms with Gasteiger partial charge in [0.15, 0.2) is 17.3 Å². The molecule has 200 valence electrons. The maximum atomic E-state index is 13.0. The zero-order valence-corrected chi connectivity index (χ0v) is 21.6. The molecule has 0 saturated heterocycles. The number of halogens is 4. The summed E-state index contributed by atoms with van der Waals surface area (Å²) in [7, 11) is 1.67. The van der Waals surface area contributed by atoms with Crippen LogP contribution in [0.3, 0.4) is 0 Å². The Morgan fingerprint density at radius 1 is 1.03 bits per heavy atom. The van der Waals surface area contributed by atoms with Gasteiger partial charge in [-0.05, 0) is 44.2 Å². The molecule has 4 heterocycles. The van der Waals surface area contributed by atoms with Gasteiger partial charge in [0.25, 0.3) is 11.5 Å². The van der Waals surface area contributed by atoms with E-state index in [4.69, 9.17) is 11.6 Å². The summed E-state index contributed by atoms with van der Waals surface area (Å²) >= 11 is 6.29. The highest BCUT2D eigenvalue weighted by atomic mass is 35.5. The lowest BCUT2D eigenvalue weighted by Crippen LogP contribution is -2.31. The fraction of sp³-hybridized carbons (Fsp3) is 0.200. The molecule has 4 aromatic heterocycles. The van der Waals surface area contributed by atoms with Gasteiger partial charge in [-0.3, -0.25) is 4.79 Å². The predicted molar refractivity (Wildman–Crippen MR) is 140 cm³/mol. The second kappa shape index (κ2) is 9.66. The van der Waals surface area contributed by atoms with Gasteiger partial charge in [-0.15, -0.1) is 0 Å². The molecule has 0 unspecified atom stereocenters. The second-order valence-electron chi connectivity index (χ2n) is 9.14. The monoisotopic (exact) mass is 555 g/mol. The van der Waals surface area contributed by atoms with Crippen molar-refractivity contribution in [1.29, 1.82) is 0 Å². The number of aromatic nitrogens is 7. The number of alkyl halides is 3. The third kappa shape index (κ3) is 5.25. The van der Waals surface area contributed by atoms with Crippen molar-refractivity contribution in [3.05, 3.63) is 88.1 Å². The Hall–Kier alpha value is -4.52.